The highest BCUT2D eigenvalue weighted by Gasteiger charge is 2.28. The van der Waals surface area contributed by atoms with Crippen molar-refractivity contribution in [1.29, 1.82) is 0 Å². The first-order valence-electron chi connectivity index (χ1n) is 8.44. The zero-order valence-electron chi connectivity index (χ0n) is 14.6. The molecule has 4 nitrogen and oxygen atoms in total. The van der Waals surface area contributed by atoms with Gasteiger partial charge in [0.2, 0.25) is 0 Å². The summed E-state index contributed by atoms with van der Waals surface area (Å²) in [6.07, 6.45) is 3.68. The standard InChI is InChI=1S/C19H30N2O2/c1-5-6-15-8-16(9-18(23-4)19(15)22)17(10-20)21-11-13(2)7-14(3)12-21/h5,8-9,13-14,17,22H,1,6-7,10-12,20H2,2-4H3. The Bertz CT molecular complexity index is 534. The van der Waals surface area contributed by atoms with Gasteiger partial charge in [-0.05, 0) is 42.4 Å². The number of ether oxygens (including phenoxy) is 1. The third-order valence-electron chi connectivity index (χ3n) is 4.71. The van der Waals surface area contributed by atoms with Crippen molar-refractivity contribution < 1.29 is 9.84 Å². The van der Waals surface area contributed by atoms with Crippen LogP contribution in [-0.2, 0) is 6.42 Å². The predicted molar refractivity (Wildman–Crippen MR) is 94.9 cm³/mol. The molecule has 1 aromatic carbocycles. The molecular weight excluding hydrogens is 288 g/mol. The Kier molecular flexibility index (Phi) is 6.08. The number of benzene rings is 1. The van der Waals surface area contributed by atoms with Crippen LogP contribution in [0.25, 0.3) is 0 Å². The number of hydrogen-bond donors (Lipinski definition) is 2. The highest BCUT2D eigenvalue weighted by atomic mass is 16.5. The summed E-state index contributed by atoms with van der Waals surface area (Å²) in [5.74, 6) is 2.07. The molecule has 1 aliphatic heterocycles. The molecule has 1 fully saturated rings. The second kappa shape index (κ2) is 7.84. The first-order chi connectivity index (χ1) is 11.0. The number of nitrogens with zero attached hydrogens (tertiary/aromatic N) is 1. The van der Waals surface area contributed by atoms with Crippen LogP contribution in [0.15, 0.2) is 24.8 Å². The van der Waals surface area contributed by atoms with E-state index in [0.29, 0.717) is 30.6 Å². The van der Waals surface area contributed by atoms with Crippen LogP contribution >= 0.6 is 0 Å². The SMILES string of the molecule is C=CCc1cc(C(CN)N2CC(C)CC(C)C2)cc(OC)c1O. The van der Waals surface area contributed by atoms with E-state index in [1.807, 2.05) is 12.1 Å². The van der Waals surface area contributed by atoms with Crippen molar-refractivity contribution in [2.24, 2.45) is 17.6 Å². The molecule has 1 aromatic rings. The molecule has 0 spiro atoms. The number of hydrogen-bond acceptors (Lipinski definition) is 4. The van der Waals surface area contributed by atoms with E-state index < -0.39 is 0 Å². The molecule has 0 amide bonds. The lowest BCUT2D eigenvalue weighted by atomic mass is 9.89. The van der Waals surface area contributed by atoms with Crippen molar-refractivity contribution in [2.75, 3.05) is 26.7 Å². The van der Waals surface area contributed by atoms with E-state index in [1.165, 1.54) is 6.42 Å². The zero-order valence-corrected chi connectivity index (χ0v) is 14.6. The third kappa shape index (κ3) is 4.06. The van der Waals surface area contributed by atoms with E-state index in [2.05, 4.69) is 25.3 Å². The van der Waals surface area contributed by atoms with Crippen LogP contribution in [0.1, 0.15) is 37.4 Å². The largest absolute Gasteiger partial charge is 0.504 e. The van der Waals surface area contributed by atoms with Gasteiger partial charge in [-0.1, -0.05) is 19.9 Å². The summed E-state index contributed by atoms with van der Waals surface area (Å²) in [6.45, 7) is 11.1. The molecule has 0 bridgehead atoms. The van der Waals surface area contributed by atoms with E-state index in [9.17, 15) is 5.11 Å². The fourth-order valence-corrected chi connectivity index (χ4v) is 3.81. The molecular formula is C19H30N2O2. The van der Waals surface area contributed by atoms with Gasteiger partial charge in [0.25, 0.3) is 0 Å². The van der Waals surface area contributed by atoms with Crippen LogP contribution in [0.4, 0.5) is 0 Å². The third-order valence-corrected chi connectivity index (χ3v) is 4.71. The van der Waals surface area contributed by atoms with Crippen LogP contribution in [0.2, 0.25) is 0 Å². The first kappa shape index (κ1) is 17.8. The minimum Gasteiger partial charge on any atom is -0.504 e. The Balaban J connectivity index is 2.36. The van der Waals surface area contributed by atoms with Crippen molar-refractivity contribution >= 4 is 0 Å². The molecule has 0 aromatic heterocycles. The van der Waals surface area contributed by atoms with Crippen molar-refractivity contribution in [3.8, 4) is 11.5 Å². The van der Waals surface area contributed by atoms with Gasteiger partial charge in [0.15, 0.2) is 11.5 Å². The van der Waals surface area contributed by atoms with Crippen LogP contribution in [0.5, 0.6) is 11.5 Å². The smallest absolute Gasteiger partial charge is 0.161 e. The number of phenolic OH excluding ortho intramolecular Hbond substituents is 1. The van der Waals surface area contributed by atoms with E-state index in [4.69, 9.17) is 10.5 Å². The van der Waals surface area contributed by atoms with Crippen molar-refractivity contribution in [3.63, 3.8) is 0 Å². The molecule has 0 saturated carbocycles. The number of likely N-dealkylation sites (tertiary alicyclic amines) is 1. The molecule has 1 aliphatic rings. The van der Waals surface area contributed by atoms with Crippen molar-refractivity contribution in [1.82, 2.24) is 4.90 Å². The zero-order chi connectivity index (χ0) is 17.0. The van der Waals surface area contributed by atoms with E-state index in [-0.39, 0.29) is 11.8 Å². The van der Waals surface area contributed by atoms with E-state index >= 15 is 0 Å². The molecule has 23 heavy (non-hydrogen) atoms. The molecule has 128 valence electrons. The molecule has 3 unspecified atom stereocenters. The molecule has 0 aliphatic carbocycles. The number of nitrogens with two attached hydrogens (primary N) is 1. The van der Waals surface area contributed by atoms with Gasteiger partial charge >= 0.3 is 0 Å². The highest BCUT2D eigenvalue weighted by Crippen LogP contribution is 2.36. The monoisotopic (exact) mass is 318 g/mol. The number of aromatic hydroxyl groups is 1. The molecule has 1 saturated heterocycles. The van der Waals surface area contributed by atoms with E-state index in [1.54, 1.807) is 13.2 Å². The normalized spacial score (nSPS) is 23.5. The van der Waals surface area contributed by atoms with Gasteiger partial charge in [0.05, 0.1) is 7.11 Å². The second-order valence-corrected chi connectivity index (χ2v) is 6.88. The summed E-state index contributed by atoms with van der Waals surface area (Å²) >= 11 is 0. The average Bonchev–Trinajstić information content (AvgIpc) is 2.50. The summed E-state index contributed by atoms with van der Waals surface area (Å²) in [5, 5.41) is 10.3. The lowest BCUT2D eigenvalue weighted by molar-refractivity contribution is 0.0982. The molecule has 4 heteroatoms. The van der Waals surface area contributed by atoms with Gasteiger partial charge in [-0.2, -0.15) is 0 Å². The number of piperidine rings is 1. The van der Waals surface area contributed by atoms with Gasteiger partial charge in [0.1, 0.15) is 0 Å². The maximum atomic E-state index is 10.3. The minimum absolute atomic E-state index is 0.151. The Morgan fingerprint density at radius 1 is 1.39 bits per heavy atom. The van der Waals surface area contributed by atoms with Gasteiger partial charge < -0.3 is 15.6 Å². The molecule has 0 radical (unpaired) electrons. The molecule has 3 atom stereocenters. The molecule has 2 rings (SSSR count). The Morgan fingerprint density at radius 2 is 2.04 bits per heavy atom. The first-order valence-corrected chi connectivity index (χ1v) is 8.44. The summed E-state index contributed by atoms with van der Waals surface area (Å²) < 4.78 is 5.35. The van der Waals surface area contributed by atoms with Gasteiger partial charge in [0, 0.05) is 31.2 Å². The van der Waals surface area contributed by atoms with Crippen molar-refractivity contribution in [2.45, 2.75) is 32.7 Å². The molecule has 1 heterocycles. The summed E-state index contributed by atoms with van der Waals surface area (Å²) in [5.41, 5.74) is 8.07. The summed E-state index contributed by atoms with van der Waals surface area (Å²) in [4.78, 5) is 2.47. The summed E-state index contributed by atoms with van der Waals surface area (Å²) in [7, 11) is 1.58. The van der Waals surface area contributed by atoms with Crippen LogP contribution in [-0.4, -0.2) is 36.8 Å². The fourth-order valence-electron chi connectivity index (χ4n) is 3.81. The second-order valence-electron chi connectivity index (χ2n) is 6.88. The number of methoxy groups -OCH3 is 1. The topological polar surface area (TPSA) is 58.7 Å². The van der Waals surface area contributed by atoms with Gasteiger partial charge in [-0.15, -0.1) is 6.58 Å². The minimum atomic E-state index is 0.151. The predicted octanol–water partition coefficient (Wildman–Crippen LogP) is 3.11. The lowest BCUT2D eigenvalue weighted by Crippen LogP contribution is -2.43. The van der Waals surface area contributed by atoms with Crippen molar-refractivity contribution in [3.05, 3.63) is 35.9 Å². The van der Waals surface area contributed by atoms with Crippen LogP contribution < -0.4 is 10.5 Å². The quantitative estimate of drug-likeness (QED) is 0.791. The lowest BCUT2D eigenvalue weighted by Gasteiger charge is -2.40. The van der Waals surface area contributed by atoms with Gasteiger partial charge in [-0.25, -0.2) is 0 Å². The number of allylic oxidation sites excluding steroid dienone is 1. The highest BCUT2D eigenvalue weighted by molar-refractivity contribution is 5.50. The number of rotatable bonds is 6. The summed E-state index contributed by atoms with van der Waals surface area (Å²) in [6, 6.07) is 4.11. The van der Waals surface area contributed by atoms with Crippen LogP contribution in [0.3, 0.4) is 0 Å². The average molecular weight is 318 g/mol. The maximum absolute atomic E-state index is 10.3. The van der Waals surface area contributed by atoms with Gasteiger partial charge in [-0.3, -0.25) is 4.90 Å². The Labute approximate surface area is 139 Å². The number of phenols is 1. The fraction of sp³-hybridized carbons (Fsp3) is 0.579. The Morgan fingerprint density at radius 3 is 2.57 bits per heavy atom. The maximum Gasteiger partial charge on any atom is 0.161 e. The van der Waals surface area contributed by atoms with E-state index in [0.717, 1.165) is 24.2 Å². The Hall–Kier alpha value is -1.52. The van der Waals surface area contributed by atoms with Crippen LogP contribution in [0, 0.1) is 11.8 Å². The molecule has 3 N–H and O–H groups in total.